The highest BCUT2D eigenvalue weighted by molar-refractivity contribution is 6.42. The molecule has 0 atom stereocenters. The fraction of sp³-hybridized carbons (Fsp3) is 0.138. The molecule has 0 radical (unpaired) electrons. The van der Waals surface area contributed by atoms with E-state index in [4.69, 9.17) is 27.9 Å². The lowest BCUT2D eigenvalue weighted by Gasteiger charge is -2.27. The van der Waals surface area contributed by atoms with Gasteiger partial charge in [0.15, 0.2) is 0 Å². The zero-order chi connectivity index (χ0) is 26.7. The van der Waals surface area contributed by atoms with Gasteiger partial charge in [-0.1, -0.05) is 47.5 Å². The van der Waals surface area contributed by atoms with Crippen LogP contribution in [0.2, 0.25) is 10.0 Å². The first-order valence-corrected chi connectivity index (χ1v) is 12.2. The monoisotopic (exact) mass is 534 g/mol. The summed E-state index contributed by atoms with van der Waals surface area (Å²) in [7, 11) is 0. The fourth-order valence-electron chi connectivity index (χ4n) is 4.07. The molecule has 1 heterocycles. The number of nitrogens with zero attached hydrogens (tertiary/aromatic N) is 1. The van der Waals surface area contributed by atoms with Crippen LogP contribution in [0.25, 0.3) is 6.08 Å². The number of hydrogen-bond acceptors (Lipinski definition) is 4. The summed E-state index contributed by atoms with van der Waals surface area (Å²) in [4.78, 5) is 39.4. The predicted octanol–water partition coefficient (Wildman–Crippen LogP) is 6.58. The molecule has 0 aliphatic carbocycles. The number of hydrogen-bond donors (Lipinski definition) is 1. The lowest BCUT2D eigenvalue weighted by molar-refractivity contribution is -0.122. The van der Waals surface area contributed by atoms with Crippen molar-refractivity contribution in [3.63, 3.8) is 0 Å². The van der Waals surface area contributed by atoms with Crippen molar-refractivity contribution in [2.75, 3.05) is 4.90 Å². The molecule has 6 nitrogen and oxygen atoms in total. The maximum absolute atomic E-state index is 13.3. The number of amides is 4. The van der Waals surface area contributed by atoms with Crippen LogP contribution in [0.1, 0.15) is 27.8 Å². The van der Waals surface area contributed by atoms with Gasteiger partial charge >= 0.3 is 6.03 Å². The average molecular weight is 535 g/mol. The highest BCUT2D eigenvalue weighted by Gasteiger charge is 2.37. The first-order valence-electron chi connectivity index (χ1n) is 11.5. The third kappa shape index (κ3) is 5.93. The summed E-state index contributed by atoms with van der Waals surface area (Å²) < 4.78 is 6.00. The van der Waals surface area contributed by atoms with E-state index in [0.717, 1.165) is 27.2 Å². The minimum absolute atomic E-state index is 0.146. The zero-order valence-electron chi connectivity index (χ0n) is 20.3. The van der Waals surface area contributed by atoms with Crippen molar-refractivity contribution < 1.29 is 19.1 Å². The van der Waals surface area contributed by atoms with Crippen molar-refractivity contribution in [2.24, 2.45) is 0 Å². The van der Waals surface area contributed by atoms with Gasteiger partial charge in [0.25, 0.3) is 11.8 Å². The Morgan fingerprint density at radius 3 is 2.35 bits per heavy atom. The van der Waals surface area contributed by atoms with E-state index in [9.17, 15) is 14.4 Å². The lowest BCUT2D eigenvalue weighted by atomic mass is 10.0. The molecule has 1 aliphatic rings. The normalized spacial score (nSPS) is 14.6. The molecular weight excluding hydrogens is 511 g/mol. The van der Waals surface area contributed by atoms with E-state index in [-0.39, 0.29) is 12.2 Å². The molecule has 1 N–H and O–H groups in total. The molecule has 37 heavy (non-hydrogen) atoms. The first kappa shape index (κ1) is 26.2. The summed E-state index contributed by atoms with van der Waals surface area (Å²) in [6.07, 6.45) is 3.70. The third-order valence-electron chi connectivity index (χ3n) is 5.70. The Labute approximate surface area is 225 Å². The minimum Gasteiger partial charge on any atom is -0.489 e. The molecule has 0 saturated carbocycles. The van der Waals surface area contributed by atoms with Gasteiger partial charge in [-0.25, -0.2) is 9.69 Å². The van der Waals surface area contributed by atoms with E-state index in [0.29, 0.717) is 33.5 Å². The predicted molar refractivity (Wildman–Crippen MR) is 146 cm³/mol. The number of rotatable bonds is 7. The summed E-state index contributed by atoms with van der Waals surface area (Å²) in [5, 5.41) is 3.17. The molecule has 4 rings (SSSR count). The van der Waals surface area contributed by atoms with Crippen molar-refractivity contribution in [1.82, 2.24) is 5.32 Å². The van der Waals surface area contributed by atoms with Crippen molar-refractivity contribution in [3.05, 3.63) is 111 Å². The summed E-state index contributed by atoms with van der Waals surface area (Å²) in [5.41, 5.74) is 4.31. The molecule has 3 aromatic rings. The van der Waals surface area contributed by atoms with Crippen LogP contribution in [-0.4, -0.2) is 17.8 Å². The summed E-state index contributed by atoms with van der Waals surface area (Å²) in [6, 6.07) is 15.2. The number of nitrogens with one attached hydrogen (secondary N) is 1. The molecule has 1 saturated heterocycles. The number of ether oxygens (including phenoxy) is 1. The highest BCUT2D eigenvalue weighted by Crippen LogP contribution is 2.28. The molecule has 0 spiro atoms. The maximum Gasteiger partial charge on any atom is 0.335 e. The van der Waals surface area contributed by atoms with E-state index in [1.54, 1.807) is 42.5 Å². The first-order chi connectivity index (χ1) is 17.7. The largest absolute Gasteiger partial charge is 0.489 e. The van der Waals surface area contributed by atoms with Gasteiger partial charge in [0, 0.05) is 0 Å². The number of imide groups is 2. The molecule has 0 unspecified atom stereocenters. The molecule has 0 bridgehead atoms. The van der Waals surface area contributed by atoms with Crippen LogP contribution in [-0.2, 0) is 22.6 Å². The number of halogens is 2. The van der Waals surface area contributed by atoms with E-state index < -0.39 is 17.8 Å². The topological polar surface area (TPSA) is 75.7 Å². The van der Waals surface area contributed by atoms with E-state index in [1.807, 2.05) is 32.0 Å². The van der Waals surface area contributed by atoms with E-state index >= 15 is 0 Å². The Morgan fingerprint density at radius 1 is 0.946 bits per heavy atom. The second kappa shape index (κ2) is 11.0. The van der Waals surface area contributed by atoms with Crippen LogP contribution >= 0.6 is 23.2 Å². The van der Waals surface area contributed by atoms with Gasteiger partial charge in [-0.15, -0.1) is 6.58 Å². The quantitative estimate of drug-likeness (QED) is 0.211. The number of anilines is 1. The molecule has 1 fully saturated rings. The number of aryl methyl sites for hydroxylation is 2. The summed E-state index contributed by atoms with van der Waals surface area (Å²) in [5.74, 6) is -0.815. The van der Waals surface area contributed by atoms with Crippen molar-refractivity contribution in [1.29, 1.82) is 0 Å². The Bertz CT molecular complexity index is 1440. The summed E-state index contributed by atoms with van der Waals surface area (Å²) in [6.45, 7) is 7.82. The number of allylic oxidation sites excluding steroid dienone is 1. The number of carbonyl (C=O) groups excluding carboxylic acids is 3. The van der Waals surface area contributed by atoms with E-state index in [1.165, 1.54) is 6.08 Å². The standard InChI is InChI=1S/C29H24Cl2N2O4/c1-4-5-21-13-19(7-9-26(21)37-16-20-6-8-24(30)25(31)15-20)14-23-27(34)32-29(36)33(28(23)35)22-11-17(2)10-18(3)12-22/h4,6-15H,1,5,16H2,2-3H3,(H,32,34,36)/b23-14+. The van der Waals surface area contributed by atoms with Gasteiger partial charge in [0.2, 0.25) is 0 Å². The van der Waals surface area contributed by atoms with Crippen molar-refractivity contribution in [2.45, 2.75) is 26.9 Å². The Hall–Kier alpha value is -3.87. The Balaban J connectivity index is 1.62. The molecular formula is C29H24Cl2N2O4. The van der Waals surface area contributed by atoms with Crippen LogP contribution in [0, 0.1) is 13.8 Å². The van der Waals surface area contributed by atoms with E-state index in [2.05, 4.69) is 11.9 Å². The minimum atomic E-state index is -0.782. The Kier molecular flexibility index (Phi) is 7.81. The molecule has 4 amide bonds. The van der Waals surface area contributed by atoms with Crippen LogP contribution < -0.4 is 15.0 Å². The zero-order valence-corrected chi connectivity index (χ0v) is 21.8. The molecule has 188 valence electrons. The van der Waals surface area contributed by atoms with Crippen molar-refractivity contribution in [3.8, 4) is 5.75 Å². The summed E-state index contributed by atoms with van der Waals surface area (Å²) >= 11 is 12.1. The van der Waals surface area contributed by atoms with Crippen LogP contribution in [0.4, 0.5) is 10.5 Å². The average Bonchev–Trinajstić information content (AvgIpc) is 2.83. The smallest absolute Gasteiger partial charge is 0.335 e. The van der Waals surface area contributed by atoms with Gasteiger partial charge in [-0.05, 0) is 90.6 Å². The molecule has 3 aromatic carbocycles. The number of barbiturate groups is 1. The molecule has 1 aliphatic heterocycles. The fourth-order valence-corrected chi connectivity index (χ4v) is 4.39. The number of urea groups is 1. The lowest BCUT2D eigenvalue weighted by Crippen LogP contribution is -2.54. The molecule has 0 aromatic heterocycles. The second-order valence-corrected chi connectivity index (χ2v) is 9.52. The van der Waals surface area contributed by atoms with Crippen LogP contribution in [0.15, 0.2) is 72.8 Å². The van der Waals surface area contributed by atoms with Crippen LogP contribution in [0.5, 0.6) is 5.75 Å². The van der Waals surface area contributed by atoms with Crippen molar-refractivity contribution >= 4 is 52.8 Å². The second-order valence-electron chi connectivity index (χ2n) is 8.70. The van der Waals surface area contributed by atoms with Gasteiger partial charge in [0.05, 0.1) is 15.7 Å². The SMILES string of the molecule is C=CCc1cc(/C=C2\C(=O)NC(=O)N(c3cc(C)cc(C)c3)C2=O)ccc1OCc1ccc(Cl)c(Cl)c1. The Morgan fingerprint density at radius 2 is 1.68 bits per heavy atom. The van der Waals surface area contributed by atoms with Gasteiger partial charge in [0.1, 0.15) is 17.9 Å². The molecule has 8 heteroatoms. The highest BCUT2D eigenvalue weighted by atomic mass is 35.5. The van der Waals surface area contributed by atoms with Crippen LogP contribution in [0.3, 0.4) is 0 Å². The van der Waals surface area contributed by atoms with Gasteiger partial charge in [-0.3, -0.25) is 14.9 Å². The number of benzene rings is 3. The number of carbonyl (C=O) groups is 3. The third-order valence-corrected chi connectivity index (χ3v) is 6.44. The van der Waals surface area contributed by atoms with Gasteiger partial charge < -0.3 is 4.74 Å². The van der Waals surface area contributed by atoms with Gasteiger partial charge in [-0.2, -0.15) is 0 Å². The maximum atomic E-state index is 13.3.